The molecule has 0 aliphatic heterocycles. The Kier molecular flexibility index (Phi) is 3.91. The number of carboxylic acid groups (broad SMARTS) is 1. The van der Waals surface area contributed by atoms with Crippen molar-refractivity contribution in [3.05, 3.63) is 59.7 Å². The first-order chi connectivity index (χ1) is 9.92. The van der Waals surface area contributed by atoms with Crippen molar-refractivity contribution in [2.45, 2.75) is 4.90 Å². The molecule has 0 spiro atoms. The molecule has 21 heavy (non-hydrogen) atoms. The molecule has 2 rings (SSSR count). The maximum Gasteiger partial charge on any atom is 0.335 e. The van der Waals surface area contributed by atoms with Gasteiger partial charge in [-0.15, -0.1) is 0 Å². The van der Waals surface area contributed by atoms with Crippen LogP contribution in [0.4, 0.5) is 5.69 Å². The van der Waals surface area contributed by atoms with E-state index in [0.29, 0.717) is 0 Å². The van der Waals surface area contributed by atoms with Crippen LogP contribution >= 0.6 is 0 Å². The van der Waals surface area contributed by atoms with Gasteiger partial charge in [0.1, 0.15) is 0 Å². The molecule has 2 aromatic carbocycles. The predicted molar refractivity (Wildman–Crippen MR) is 75.4 cm³/mol. The summed E-state index contributed by atoms with van der Waals surface area (Å²) < 4.78 is 26.6. The van der Waals surface area contributed by atoms with Crippen LogP contribution in [0.2, 0.25) is 0 Å². The fraction of sp³-hybridized carbons (Fsp3) is 0. The molecular weight excluding hydrogens is 292 g/mol. The van der Waals surface area contributed by atoms with E-state index in [4.69, 9.17) is 10.4 Å². The third-order valence-electron chi connectivity index (χ3n) is 2.64. The second-order valence-electron chi connectivity index (χ2n) is 4.13. The van der Waals surface area contributed by atoms with Gasteiger partial charge in [0, 0.05) is 5.69 Å². The van der Waals surface area contributed by atoms with E-state index < -0.39 is 16.0 Å². The highest BCUT2D eigenvalue weighted by Gasteiger charge is 2.15. The van der Waals surface area contributed by atoms with Gasteiger partial charge in [-0.2, -0.15) is 5.26 Å². The lowest BCUT2D eigenvalue weighted by Gasteiger charge is -2.08. The zero-order valence-corrected chi connectivity index (χ0v) is 11.5. The summed E-state index contributed by atoms with van der Waals surface area (Å²) in [6, 6.07) is 12.9. The van der Waals surface area contributed by atoms with E-state index >= 15 is 0 Å². The summed E-state index contributed by atoms with van der Waals surface area (Å²) in [6.45, 7) is 0. The lowest BCUT2D eigenvalue weighted by atomic mass is 10.2. The molecule has 0 radical (unpaired) electrons. The molecule has 6 nitrogen and oxygen atoms in total. The van der Waals surface area contributed by atoms with Crippen LogP contribution in [0.25, 0.3) is 0 Å². The molecule has 0 amide bonds. The molecule has 0 aliphatic rings. The SMILES string of the molecule is N#Cc1cccc(S(=O)(=O)Nc2cccc(C(=O)O)c2)c1. The molecule has 2 aromatic rings. The van der Waals surface area contributed by atoms with E-state index in [1.54, 1.807) is 0 Å². The minimum Gasteiger partial charge on any atom is -0.478 e. The van der Waals surface area contributed by atoms with Gasteiger partial charge in [-0.3, -0.25) is 4.72 Å². The Morgan fingerprint density at radius 2 is 1.86 bits per heavy atom. The van der Waals surface area contributed by atoms with Gasteiger partial charge in [0.2, 0.25) is 0 Å². The average Bonchev–Trinajstić information content (AvgIpc) is 2.47. The lowest BCUT2D eigenvalue weighted by molar-refractivity contribution is 0.0697. The third kappa shape index (κ3) is 3.38. The Morgan fingerprint density at radius 3 is 2.52 bits per heavy atom. The number of nitrogens with one attached hydrogen (secondary N) is 1. The number of nitrogens with zero attached hydrogens (tertiary/aromatic N) is 1. The number of sulfonamides is 1. The summed E-state index contributed by atoms with van der Waals surface area (Å²) in [7, 11) is -3.88. The number of anilines is 1. The van der Waals surface area contributed by atoms with Gasteiger partial charge >= 0.3 is 5.97 Å². The number of carbonyl (C=O) groups is 1. The molecule has 0 bridgehead atoms. The maximum absolute atomic E-state index is 12.2. The fourth-order valence-corrected chi connectivity index (χ4v) is 2.76. The first kappa shape index (κ1) is 14.6. The number of nitriles is 1. The van der Waals surface area contributed by atoms with Gasteiger partial charge in [0.15, 0.2) is 0 Å². The number of carboxylic acids is 1. The summed E-state index contributed by atoms with van der Waals surface area (Å²) >= 11 is 0. The van der Waals surface area contributed by atoms with Crippen molar-refractivity contribution in [2.75, 3.05) is 4.72 Å². The van der Waals surface area contributed by atoms with Crippen LogP contribution in [0.15, 0.2) is 53.4 Å². The lowest BCUT2D eigenvalue weighted by Crippen LogP contribution is -2.13. The molecule has 2 N–H and O–H groups in total. The molecule has 0 atom stereocenters. The normalized spacial score (nSPS) is 10.6. The molecule has 7 heteroatoms. The first-order valence-corrected chi connectivity index (χ1v) is 7.27. The Morgan fingerprint density at radius 1 is 1.14 bits per heavy atom. The van der Waals surface area contributed by atoms with Crippen LogP contribution in [0.3, 0.4) is 0 Å². The summed E-state index contributed by atoms with van der Waals surface area (Å²) in [6.07, 6.45) is 0. The van der Waals surface area contributed by atoms with Crippen LogP contribution in [-0.4, -0.2) is 19.5 Å². The Balaban J connectivity index is 2.35. The second-order valence-corrected chi connectivity index (χ2v) is 5.81. The molecule has 0 heterocycles. The van der Waals surface area contributed by atoms with Crippen molar-refractivity contribution in [1.82, 2.24) is 0 Å². The van der Waals surface area contributed by atoms with Gasteiger partial charge in [0.25, 0.3) is 10.0 Å². The van der Waals surface area contributed by atoms with Crippen molar-refractivity contribution >= 4 is 21.7 Å². The standard InChI is InChI=1S/C14H10N2O4S/c15-9-10-3-1-6-13(7-10)21(19,20)16-12-5-2-4-11(8-12)14(17)18/h1-8,16H,(H,17,18). The van der Waals surface area contributed by atoms with Gasteiger partial charge in [-0.1, -0.05) is 12.1 Å². The van der Waals surface area contributed by atoms with Crippen LogP contribution in [0.1, 0.15) is 15.9 Å². The number of rotatable bonds is 4. The van der Waals surface area contributed by atoms with E-state index in [0.717, 1.165) is 0 Å². The van der Waals surface area contributed by atoms with Crippen molar-refractivity contribution < 1.29 is 18.3 Å². The van der Waals surface area contributed by atoms with Crippen molar-refractivity contribution in [1.29, 1.82) is 5.26 Å². The van der Waals surface area contributed by atoms with E-state index in [-0.39, 0.29) is 21.7 Å². The zero-order valence-electron chi connectivity index (χ0n) is 10.6. The van der Waals surface area contributed by atoms with E-state index in [1.165, 1.54) is 48.5 Å². The summed E-state index contributed by atoms with van der Waals surface area (Å²) in [4.78, 5) is 10.8. The fourth-order valence-electron chi connectivity index (χ4n) is 1.66. The monoisotopic (exact) mass is 302 g/mol. The van der Waals surface area contributed by atoms with E-state index in [9.17, 15) is 13.2 Å². The molecule has 0 saturated carbocycles. The maximum atomic E-state index is 12.2. The van der Waals surface area contributed by atoms with Gasteiger partial charge in [0.05, 0.1) is 22.1 Å². The smallest absolute Gasteiger partial charge is 0.335 e. The second kappa shape index (κ2) is 5.64. The van der Waals surface area contributed by atoms with Gasteiger partial charge in [-0.05, 0) is 36.4 Å². The number of hydrogen-bond donors (Lipinski definition) is 2. The van der Waals surface area contributed by atoms with E-state index in [2.05, 4.69) is 4.72 Å². The van der Waals surface area contributed by atoms with Crippen molar-refractivity contribution in [3.63, 3.8) is 0 Å². The average molecular weight is 302 g/mol. The highest BCUT2D eigenvalue weighted by Crippen LogP contribution is 2.18. The van der Waals surface area contributed by atoms with E-state index in [1.807, 2.05) is 6.07 Å². The highest BCUT2D eigenvalue weighted by atomic mass is 32.2. The third-order valence-corrected chi connectivity index (χ3v) is 4.01. The Labute approximate surface area is 121 Å². The molecule has 0 saturated heterocycles. The minimum atomic E-state index is -3.88. The number of aromatic carboxylic acids is 1. The summed E-state index contributed by atoms with van der Waals surface area (Å²) in [5.41, 5.74) is 0.329. The molecule has 0 unspecified atom stereocenters. The largest absolute Gasteiger partial charge is 0.478 e. The molecule has 106 valence electrons. The Hall–Kier alpha value is -2.85. The number of hydrogen-bond acceptors (Lipinski definition) is 4. The van der Waals surface area contributed by atoms with Gasteiger partial charge in [-0.25, -0.2) is 13.2 Å². The first-order valence-electron chi connectivity index (χ1n) is 5.79. The van der Waals surface area contributed by atoms with Crippen LogP contribution < -0.4 is 4.72 Å². The van der Waals surface area contributed by atoms with Crippen molar-refractivity contribution in [2.24, 2.45) is 0 Å². The van der Waals surface area contributed by atoms with Crippen LogP contribution in [-0.2, 0) is 10.0 Å². The topological polar surface area (TPSA) is 107 Å². The Bertz CT molecular complexity index is 838. The highest BCUT2D eigenvalue weighted by molar-refractivity contribution is 7.92. The number of benzene rings is 2. The zero-order chi connectivity index (χ0) is 15.5. The quantitative estimate of drug-likeness (QED) is 0.898. The van der Waals surface area contributed by atoms with Crippen LogP contribution in [0, 0.1) is 11.3 Å². The molecule has 0 aliphatic carbocycles. The summed E-state index contributed by atoms with van der Waals surface area (Å²) in [5, 5.41) is 17.7. The summed E-state index contributed by atoms with van der Waals surface area (Å²) in [5.74, 6) is -1.15. The van der Waals surface area contributed by atoms with Gasteiger partial charge < -0.3 is 5.11 Å². The predicted octanol–water partition coefficient (Wildman–Crippen LogP) is 2.06. The molecular formula is C14H10N2O4S. The minimum absolute atomic E-state index is 0.0269. The molecule has 0 aromatic heterocycles. The molecule has 0 fully saturated rings. The van der Waals surface area contributed by atoms with Crippen molar-refractivity contribution in [3.8, 4) is 6.07 Å². The van der Waals surface area contributed by atoms with Crippen LogP contribution in [0.5, 0.6) is 0 Å².